The van der Waals surface area contributed by atoms with Crippen LogP contribution in [0.5, 0.6) is 0 Å². The molecule has 0 radical (unpaired) electrons. The monoisotopic (exact) mass is 396 g/mol. The average molecular weight is 397 g/mol. The molecule has 27 heavy (non-hydrogen) atoms. The van der Waals surface area contributed by atoms with Crippen LogP contribution in [0, 0.1) is 13.8 Å². The van der Waals surface area contributed by atoms with Gasteiger partial charge in [0.05, 0.1) is 18.4 Å². The Balaban J connectivity index is 2.53. The number of nitrogens with one attached hydrogen (secondary N) is 1. The molecule has 0 spiro atoms. The zero-order valence-corrected chi connectivity index (χ0v) is 17.6. The number of amides is 1. The molecule has 1 saturated heterocycles. The molecule has 8 heteroatoms. The maximum atomic E-state index is 13.4. The Morgan fingerprint density at radius 3 is 2.30 bits per heavy atom. The minimum Gasteiger partial charge on any atom is -0.469 e. The SMILES string of the molecule is COC(=O)CC1C(=O)NCCN1S(=O)(=O)c1c(C)cc(C(C)(C)C)cc1C. The number of aryl methyl sites for hydroxylation is 2. The summed E-state index contributed by atoms with van der Waals surface area (Å²) in [6.45, 7) is 10.0. The van der Waals surface area contributed by atoms with Gasteiger partial charge in [0.15, 0.2) is 0 Å². The van der Waals surface area contributed by atoms with Crippen LogP contribution in [0.1, 0.15) is 43.9 Å². The van der Waals surface area contributed by atoms with Crippen LogP contribution in [0.4, 0.5) is 0 Å². The summed E-state index contributed by atoms with van der Waals surface area (Å²) in [4.78, 5) is 24.2. The van der Waals surface area contributed by atoms with E-state index >= 15 is 0 Å². The van der Waals surface area contributed by atoms with Gasteiger partial charge in [-0.15, -0.1) is 0 Å². The Kier molecular flexibility index (Phi) is 6.01. The molecule has 0 aromatic heterocycles. The zero-order chi connectivity index (χ0) is 20.6. The first-order valence-corrected chi connectivity index (χ1v) is 10.3. The van der Waals surface area contributed by atoms with E-state index in [1.807, 2.05) is 12.1 Å². The van der Waals surface area contributed by atoms with Crippen molar-refractivity contribution in [3.63, 3.8) is 0 Å². The number of rotatable bonds is 4. The van der Waals surface area contributed by atoms with Gasteiger partial charge < -0.3 is 10.1 Å². The summed E-state index contributed by atoms with van der Waals surface area (Å²) in [5.41, 5.74) is 2.18. The van der Waals surface area contributed by atoms with Gasteiger partial charge >= 0.3 is 5.97 Å². The van der Waals surface area contributed by atoms with Crippen LogP contribution in [0.25, 0.3) is 0 Å². The fourth-order valence-corrected chi connectivity index (χ4v) is 5.33. The standard InChI is InChI=1S/C19H28N2O5S/c1-12-9-14(19(3,4)5)10-13(2)17(12)27(24,25)21-8-7-20-18(23)15(21)11-16(22)26-6/h9-10,15H,7-8,11H2,1-6H3,(H,20,23). The number of carbonyl (C=O) groups excluding carboxylic acids is 2. The number of methoxy groups -OCH3 is 1. The van der Waals surface area contributed by atoms with Crippen molar-refractivity contribution in [1.82, 2.24) is 9.62 Å². The quantitative estimate of drug-likeness (QED) is 0.781. The van der Waals surface area contributed by atoms with Gasteiger partial charge in [0, 0.05) is 13.1 Å². The van der Waals surface area contributed by atoms with E-state index < -0.39 is 27.9 Å². The van der Waals surface area contributed by atoms with Crippen LogP contribution in [-0.4, -0.2) is 50.8 Å². The Bertz CT molecular complexity index is 832. The fraction of sp³-hybridized carbons (Fsp3) is 0.579. The van der Waals surface area contributed by atoms with Crippen molar-refractivity contribution in [3.05, 3.63) is 28.8 Å². The third-order valence-electron chi connectivity index (χ3n) is 4.76. The van der Waals surface area contributed by atoms with E-state index in [-0.39, 0.29) is 29.8 Å². The van der Waals surface area contributed by atoms with Crippen molar-refractivity contribution in [1.29, 1.82) is 0 Å². The lowest BCUT2D eigenvalue weighted by molar-refractivity contribution is -0.144. The molecular formula is C19H28N2O5S. The van der Waals surface area contributed by atoms with E-state index in [4.69, 9.17) is 0 Å². The molecule has 1 aromatic rings. The lowest BCUT2D eigenvalue weighted by atomic mass is 9.85. The van der Waals surface area contributed by atoms with Crippen molar-refractivity contribution < 1.29 is 22.7 Å². The van der Waals surface area contributed by atoms with E-state index in [1.54, 1.807) is 13.8 Å². The second-order valence-electron chi connectivity index (χ2n) is 7.89. The summed E-state index contributed by atoms with van der Waals surface area (Å²) in [6.07, 6.45) is -0.320. The van der Waals surface area contributed by atoms with Crippen molar-refractivity contribution >= 4 is 21.9 Å². The van der Waals surface area contributed by atoms with Crippen molar-refractivity contribution in [2.24, 2.45) is 0 Å². The molecule has 0 bridgehead atoms. The molecule has 1 amide bonds. The molecule has 7 nitrogen and oxygen atoms in total. The molecule has 1 N–H and O–H groups in total. The van der Waals surface area contributed by atoms with Gasteiger partial charge in [-0.3, -0.25) is 9.59 Å². The number of esters is 1. The first-order valence-electron chi connectivity index (χ1n) is 8.87. The number of ether oxygens (including phenoxy) is 1. The van der Waals surface area contributed by atoms with Crippen molar-refractivity contribution in [3.8, 4) is 0 Å². The summed E-state index contributed by atoms with van der Waals surface area (Å²) in [5, 5.41) is 2.62. The first kappa shape index (κ1) is 21.4. The maximum Gasteiger partial charge on any atom is 0.307 e. The normalized spacial score (nSPS) is 18.9. The summed E-state index contributed by atoms with van der Waals surface area (Å²) in [6, 6.07) is 2.63. The number of hydrogen-bond donors (Lipinski definition) is 1. The van der Waals surface area contributed by atoms with Gasteiger partial charge in [0.2, 0.25) is 15.9 Å². The minimum absolute atomic E-state index is 0.107. The lowest BCUT2D eigenvalue weighted by Gasteiger charge is -2.34. The molecule has 0 saturated carbocycles. The van der Waals surface area contributed by atoms with Gasteiger partial charge in [0.1, 0.15) is 6.04 Å². The van der Waals surface area contributed by atoms with Crippen LogP contribution in [-0.2, 0) is 29.8 Å². The van der Waals surface area contributed by atoms with E-state index in [0.717, 1.165) is 9.87 Å². The summed E-state index contributed by atoms with van der Waals surface area (Å²) < 4.78 is 32.6. The molecule has 1 fully saturated rings. The Morgan fingerprint density at radius 2 is 1.81 bits per heavy atom. The summed E-state index contributed by atoms with van der Waals surface area (Å²) in [5.74, 6) is -1.12. The predicted molar refractivity (Wildman–Crippen MR) is 102 cm³/mol. The van der Waals surface area contributed by atoms with Crippen molar-refractivity contribution in [2.45, 2.75) is 57.4 Å². The molecule has 150 valence electrons. The van der Waals surface area contributed by atoms with Crippen LogP contribution in [0.3, 0.4) is 0 Å². The molecule has 1 aromatic carbocycles. The van der Waals surface area contributed by atoms with Gasteiger partial charge in [0.25, 0.3) is 0 Å². The largest absolute Gasteiger partial charge is 0.469 e. The molecule has 1 aliphatic heterocycles. The van der Waals surface area contributed by atoms with Gasteiger partial charge in [-0.1, -0.05) is 32.9 Å². The Morgan fingerprint density at radius 1 is 1.26 bits per heavy atom. The number of sulfonamides is 1. The number of carbonyl (C=O) groups is 2. The molecule has 1 heterocycles. The van der Waals surface area contributed by atoms with E-state index in [1.165, 1.54) is 7.11 Å². The number of nitrogens with zero attached hydrogens (tertiary/aromatic N) is 1. The van der Waals surface area contributed by atoms with Crippen LogP contribution < -0.4 is 5.32 Å². The number of piperazine rings is 1. The smallest absolute Gasteiger partial charge is 0.307 e. The highest BCUT2D eigenvalue weighted by Gasteiger charge is 2.41. The highest BCUT2D eigenvalue weighted by Crippen LogP contribution is 2.32. The Hall–Kier alpha value is -1.93. The van der Waals surface area contributed by atoms with E-state index in [9.17, 15) is 18.0 Å². The second kappa shape index (κ2) is 7.59. The van der Waals surface area contributed by atoms with Gasteiger partial charge in [-0.2, -0.15) is 4.31 Å². The van der Waals surface area contributed by atoms with Crippen LogP contribution in [0.15, 0.2) is 17.0 Å². The van der Waals surface area contributed by atoms with Gasteiger partial charge in [-0.25, -0.2) is 8.42 Å². The highest BCUT2D eigenvalue weighted by atomic mass is 32.2. The number of benzene rings is 1. The molecule has 1 aliphatic rings. The lowest BCUT2D eigenvalue weighted by Crippen LogP contribution is -2.57. The minimum atomic E-state index is -3.96. The van der Waals surface area contributed by atoms with E-state index in [2.05, 4.69) is 30.8 Å². The summed E-state index contributed by atoms with van der Waals surface area (Å²) in [7, 11) is -2.75. The average Bonchev–Trinajstić information content (AvgIpc) is 2.54. The number of hydrogen-bond acceptors (Lipinski definition) is 5. The zero-order valence-electron chi connectivity index (χ0n) is 16.8. The third-order valence-corrected chi connectivity index (χ3v) is 6.98. The molecule has 1 atom stereocenters. The summed E-state index contributed by atoms with van der Waals surface area (Å²) >= 11 is 0. The molecule has 2 rings (SSSR count). The first-order chi connectivity index (χ1) is 12.4. The van der Waals surface area contributed by atoms with Crippen LogP contribution >= 0.6 is 0 Å². The Labute approximate surface area is 161 Å². The van der Waals surface area contributed by atoms with Crippen LogP contribution in [0.2, 0.25) is 0 Å². The molecular weight excluding hydrogens is 368 g/mol. The third kappa shape index (κ3) is 4.32. The molecule has 0 aliphatic carbocycles. The van der Waals surface area contributed by atoms with E-state index in [0.29, 0.717) is 11.1 Å². The highest BCUT2D eigenvalue weighted by molar-refractivity contribution is 7.89. The maximum absolute atomic E-state index is 13.4. The topological polar surface area (TPSA) is 92.8 Å². The molecule has 1 unspecified atom stereocenters. The second-order valence-corrected chi connectivity index (χ2v) is 9.72. The fourth-order valence-electron chi connectivity index (χ4n) is 3.32. The van der Waals surface area contributed by atoms with Crippen molar-refractivity contribution in [2.75, 3.05) is 20.2 Å². The predicted octanol–water partition coefficient (Wildman–Crippen LogP) is 1.65. The van der Waals surface area contributed by atoms with Gasteiger partial charge in [-0.05, 0) is 36.0 Å².